The van der Waals surface area contributed by atoms with Crippen molar-refractivity contribution >= 4 is 5.91 Å². The van der Waals surface area contributed by atoms with Gasteiger partial charge < -0.3 is 38.5 Å². The number of piperidine rings is 1. The number of hydrogen-bond donors (Lipinski definition) is 1. The molecule has 0 spiro atoms. The van der Waals surface area contributed by atoms with E-state index in [1.165, 1.54) is 88.4 Å². The van der Waals surface area contributed by atoms with Crippen LogP contribution in [-0.2, 0) is 4.79 Å². The first-order chi connectivity index (χ1) is 17.7. The van der Waals surface area contributed by atoms with Crippen LogP contribution in [0.5, 0.6) is 11.5 Å². The topological polar surface area (TPSA) is 38.3 Å². The summed E-state index contributed by atoms with van der Waals surface area (Å²) in [5.41, 5.74) is 1.95. The fraction of sp³-hybridized carbons (Fsp3) is 0.594. The second-order valence-corrected chi connectivity index (χ2v) is 11.7. The van der Waals surface area contributed by atoms with Crippen LogP contribution in [0.15, 0.2) is 48.5 Å². The minimum atomic E-state index is -0.303. The fourth-order valence-electron chi connectivity index (χ4n) is 7.00. The summed E-state index contributed by atoms with van der Waals surface area (Å²) in [5.74, 6) is 2.31. The number of nitrogens with one attached hydrogen (secondary N) is 1. The van der Waals surface area contributed by atoms with Crippen LogP contribution in [0.2, 0.25) is 0 Å². The number of likely N-dealkylation sites (tertiary alicyclic amines) is 1. The monoisotopic (exact) mass is 616 g/mol. The van der Waals surface area contributed by atoms with Gasteiger partial charge >= 0.3 is 0 Å². The minimum Gasteiger partial charge on any atom is -1.00 e. The Bertz CT molecular complexity index is 964. The number of unbranched alkanes of at least 4 members (excludes halogenated alkanes) is 1. The van der Waals surface area contributed by atoms with Crippen LogP contribution in [0.4, 0.5) is 0 Å². The van der Waals surface area contributed by atoms with E-state index in [1.807, 2.05) is 48.5 Å². The zero-order chi connectivity index (χ0) is 24.8. The van der Waals surface area contributed by atoms with Gasteiger partial charge in [-0.1, -0.05) is 81.8 Å². The van der Waals surface area contributed by atoms with E-state index in [1.54, 1.807) is 0 Å². The zero-order valence-corrected chi connectivity index (χ0v) is 24.8. The molecule has 37 heavy (non-hydrogen) atoms. The molecular formula is C32H45IN2O2. The summed E-state index contributed by atoms with van der Waals surface area (Å²) >= 11 is 0. The van der Waals surface area contributed by atoms with Crippen molar-refractivity contribution in [2.24, 2.45) is 5.92 Å². The number of halogens is 1. The van der Waals surface area contributed by atoms with E-state index in [9.17, 15) is 4.79 Å². The molecule has 202 valence electrons. The summed E-state index contributed by atoms with van der Waals surface area (Å²) in [6, 6.07) is 16.3. The van der Waals surface area contributed by atoms with Gasteiger partial charge in [-0.3, -0.25) is 4.79 Å². The number of fused-ring (bicyclic) bond motifs is 2. The molecule has 0 bridgehead atoms. The SMILES string of the molecule is CCCC[N+]1(CC2CCCCCCC2)CCC(NC(=O)C2c3ccccc3Oc3ccccc32)CC1.[I-]. The molecule has 0 radical (unpaired) electrons. The highest BCUT2D eigenvalue weighted by Crippen LogP contribution is 2.44. The Balaban J connectivity index is 0.00000320. The predicted molar refractivity (Wildman–Crippen MR) is 146 cm³/mol. The molecule has 1 saturated carbocycles. The van der Waals surface area contributed by atoms with Gasteiger partial charge in [0.2, 0.25) is 5.91 Å². The number of amides is 1. The van der Waals surface area contributed by atoms with Crippen molar-refractivity contribution in [2.45, 2.75) is 89.5 Å². The van der Waals surface area contributed by atoms with Gasteiger partial charge in [-0.15, -0.1) is 0 Å². The first-order valence-electron chi connectivity index (χ1n) is 14.7. The van der Waals surface area contributed by atoms with Gasteiger partial charge in [0.05, 0.1) is 32.1 Å². The van der Waals surface area contributed by atoms with Gasteiger partial charge in [-0.05, 0) is 31.4 Å². The molecule has 0 unspecified atom stereocenters. The number of hydrogen-bond acceptors (Lipinski definition) is 2. The summed E-state index contributed by atoms with van der Waals surface area (Å²) in [7, 11) is 0. The maximum absolute atomic E-state index is 13.7. The van der Waals surface area contributed by atoms with Crippen LogP contribution in [0.3, 0.4) is 0 Å². The number of rotatable bonds is 7. The van der Waals surface area contributed by atoms with Crippen LogP contribution in [0.25, 0.3) is 0 Å². The van der Waals surface area contributed by atoms with Crippen LogP contribution in [0.1, 0.15) is 94.6 Å². The van der Waals surface area contributed by atoms with E-state index >= 15 is 0 Å². The lowest BCUT2D eigenvalue weighted by Gasteiger charge is -2.46. The highest BCUT2D eigenvalue weighted by molar-refractivity contribution is 5.89. The van der Waals surface area contributed by atoms with E-state index in [0.29, 0.717) is 0 Å². The lowest BCUT2D eigenvalue weighted by molar-refractivity contribution is -0.936. The molecule has 0 aromatic heterocycles. The highest BCUT2D eigenvalue weighted by atomic mass is 127. The molecule has 1 aliphatic carbocycles. The molecule has 2 aromatic carbocycles. The van der Waals surface area contributed by atoms with E-state index in [0.717, 1.165) is 41.4 Å². The molecule has 2 heterocycles. The number of carbonyl (C=O) groups excluding carboxylic acids is 1. The van der Waals surface area contributed by atoms with E-state index in [-0.39, 0.29) is 41.8 Å². The third-order valence-corrected chi connectivity index (χ3v) is 9.05. The molecule has 1 amide bonds. The Morgan fingerprint density at radius 1 is 0.865 bits per heavy atom. The lowest BCUT2D eigenvalue weighted by atomic mass is 9.86. The Morgan fingerprint density at radius 2 is 1.43 bits per heavy atom. The quantitative estimate of drug-likeness (QED) is 0.375. The van der Waals surface area contributed by atoms with Gasteiger partial charge in [-0.2, -0.15) is 0 Å². The van der Waals surface area contributed by atoms with Crippen molar-refractivity contribution < 1.29 is 38.0 Å². The van der Waals surface area contributed by atoms with Crippen LogP contribution in [-0.4, -0.2) is 42.6 Å². The molecule has 1 N–H and O–H groups in total. The summed E-state index contributed by atoms with van der Waals surface area (Å²) in [4.78, 5) is 13.7. The molecule has 4 nitrogen and oxygen atoms in total. The number of carbonyl (C=O) groups is 1. The summed E-state index contributed by atoms with van der Waals surface area (Å²) in [5, 5.41) is 3.48. The summed E-state index contributed by atoms with van der Waals surface area (Å²) in [6.07, 6.45) is 14.8. The Kier molecular flexibility index (Phi) is 10.3. The molecule has 3 aliphatic rings. The van der Waals surface area contributed by atoms with Gasteiger partial charge in [0.25, 0.3) is 0 Å². The summed E-state index contributed by atoms with van der Waals surface area (Å²) in [6.45, 7) is 7.42. The van der Waals surface area contributed by atoms with Crippen LogP contribution in [0, 0.1) is 5.92 Å². The molecule has 0 atom stereocenters. The number of benzene rings is 2. The molecule has 5 heteroatoms. The highest BCUT2D eigenvalue weighted by Gasteiger charge is 2.38. The maximum Gasteiger partial charge on any atom is 0.232 e. The second kappa shape index (κ2) is 13.5. The molecule has 1 saturated heterocycles. The summed E-state index contributed by atoms with van der Waals surface area (Å²) < 4.78 is 7.40. The second-order valence-electron chi connectivity index (χ2n) is 11.7. The number of para-hydroxylation sites is 2. The third kappa shape index (κ3) is 6.89. The Hall–Kier alpha value is -1.60. The number of quaternary nitrogens is 1. The van der Waals surface area contributed by atoms with Gasteiger partial charge in [0.15, 0.2) is 0 Å². The average molecular weight is 617 g/mol. The van der Waals surface area contributed by atoms with Crippen molar-refractivity contribution in [2.75, 3.05) is 26.2 Å². The predicted octanol–water partition coefficient (Wildman–Crippen LogP) is 4.18. The van der Waals surface area contributed by atoms with E-state index in [4.69, 9.17) is 4.74 Å². The van der Waals surface area contributed by atoms with Gasteiger partial charge in [0, 0.05) is 35.9 Å². The van der Waals surface area contributed by atoms with Crippen molar-refractivity contribution in [3.8, 4) is 11.5 Å². The average Bonchev–Trinajstić information content (AvgIpc) is 2.89. The van der Waals surface area contributed by atoms with Crippen LogP contribution >= 0.6 is 0 Å². The minimum absolute atomic E-state index is 0. The zero-order valence-electron chi connectivity index (χ0n) is 22.6. The third-order valence-electron chi connectivity index (χ3n) is 9.05. The van der Waals surface area contributed by atoms with Crippen molar-refractivity contribution in [1.29, 1.82) is 0 Å². The smallest absolute Gasteiger partial charge is 0.232 e. The number of nitrogens with zero attached hydrogens (tertiary/aromatic N) is 1. The molecule has 2 aliphatic heterocycles. The standard InChI is InChI=1S/C32H44N2O2.HI/c1-2-3-21-34(24-25-13-7-5-4-6-8-14-25)22-19-26(20-23-34)33-32(35)31-27-15-9-11-17-29(27)36-30-18-12-10-16-28(30)31;/h9-12,15-18,25-26,31H,2-8,13-14,19-24H2,1H3;1H. The van der Waals surface area contributed by atoms with Crippen molar-refractivity contribution in [3.63, 3.8) is 0 Å². The normalized spacial score (nSPS) is 24.4. The molecule has 2 fully saturated rings. The van der Waals surface area contributed by atoms with Gasteiger partial charge in [0.1, 0.15) is 11.5 Å². The molecule has 2 aromatic rings. The molecular weight excluding hydrogens is 571 g/mol. The maximum atomic E-state index is 13.7. The van der Waals surface area contributed by atoms with E-state index < -0.39 is 0 Å². The first kappa shape index (κ1) is 28.4. The largest absolute Gasteiger partial charge is 1.00 e. The van der Waals surface area contributed by atoms with E-state index in [2.05, 4.69) is 12.2 Å². The van der Waals surface area contributed by atoms with Crippen LogP contribution < -0.4 is 34.0 Å². The number of ether oxygens (including phenoxy) is 1. The molecule has 5 rings (SSSR count). The Labute approximate surface area is 241 Å². The fourth-order valence-corrected chi connectivity index (χ4v) is 7.00. The lowest BCUT2D eigenvalue weighted by Crippen LogP contribution is -3.00. The van der Waals surface area contributed by atoms with Gasteiger partial charge in [-0.25, -0.2) is 0 Å². The Morgan fingerprint density at radius 3 is 2.03 bits per heavy atom. The van der Waals surface area contributed by atoms with Crippen molar-refractivity contribution in [1.82, 2.24) is 5.32 Å². The van der Waals surface area contributed by atoms with Crippen molar-refractivity contribution in [3.05, 3.63) is 59.7 Å². The first-order valence-corrected chi connectivity index (χ1v) is 14.7.